The third-order valence-corrected chi connectivity index (χ3v) is 14.9. The molecule has 5 aliphatic heterocycles. The fraction of sp³-hybridized carbons (Fsp3) is 0.519. The van der Waals surface area contributed by atoms with Crippen LogP contribution in [0.3, 0.4) is 0 Å². The average Bonchev–Trinajstić information content (AvgIpc) is 1.64. The molecular weight excluding hydrogens is 1310 g/mol. The first kappa shape index (κ1) is 75.2. The number of ketones is 1. The topological polar surface area (TPSA) is 608 Å². The number of carbonyl (C=O) groups excluding carboxylic acids is 2. The van der Waals surface area contributed by atoms with E-state index in [0.717, 1.165) is 28.3 Å². The molecule has 7 aromatic rings. The van der Waals surface area contributed by atoms with Gasteiger partial charge >= 0.3 is 23.0 Å². The number of imidazole rings is 2. The zero-order valence-corrected chi connectivity index (χ0v) is 51.9. The second-order valence-corrected chi connectivity index (χ2v) is 22.2. The molecule has 0 unspecified atom stereocenters. The second kappa shape index (κ2) is 31.8. The van der Waals surface area contributed by atoms with Gasteiger partial charge in [0.25, 0.3) is 0 Å². The summed E-state index contributed by atoms with van der Waals surface area (Å²) in [6, 6.07) is 3.85. The van der Waals surface area contributed by atoms with E-state index < -0.39 is 128 Å². The maximum Gasteiger partial charge on any atom is 0.351 e. The Morgan fingerprint density at radius 3 is 1.52 bits per heavy atom. The van der Waals surface area contributed by atoms with Crippen LogP contribution in [0.15, 0.2) is 88.3 Å². The number of nitrogens with two attached hydrogens (primary N) is 5. The Balaban J connectivity index is 0.000000165. The summed E-state index contributed by atoms with van der Waals surface area (Å²) in [6.45, 7) is 4.90. The molecule has 20 N–H and O–H groups in total. The van der Waals surface area contributed by atoms with Crippen LogP contribution in [-0.2, 0) is 46.4 Å². The summed E-state index contributed by atoms with van der Waals surface area (Å²) < 4.78 is 73.3. The van der Waals surface area contributed by atoms with Crippen LogP contribution in [0.5, 0.6) is 0 Å². The van der Waals surface area contributed by atoms with Gasteiger partial charge in [0.2, 0.25) is 12.1 Å². The lowest BCUT2D eigenvalue weighted by Crippen LogP contribution is -2.46. The van der Waals surface area contributed by atoms with Gasteiger partial charge in [-0.3, -0.25) is 28.2 Å². The maximum absolute atomic E-state index is 14.4. The molecule has 97 heavy (non-hydrogen) atoms. The quantitative estimate of drug-likeness (QED) is 0.0506. The van der Waals surface area contributed by atoms with Crippen LogP contribution in [0.25, 0.3) is 22.3 Å². The molecule has 530 valence electrons. The van der Waals surface area contributed by atoms with Gasteiger partial charge in [0, 0.05) is 36.9 Å². The molecule has 0 aliphatic carbocycles. The number of alkyl halides is 3. The van der Waals surface area contributed by atoms with Gasteiger partial charge in [-0.2, -0.15) is 23.7 Å². The number of halogens is 3. The number of nitrogen functional groups attached to an aromatic ring is 5. The Kier molecular flexibility index (Phi) is 24.6. The summed E-state index contributed by atoms with van der Waals surface area (Å²) in [5, 5.41) is 92.5. The Bertz CT molecular complexity index is 3850. The predicted octanol–water partition coefficient (Wildman–Crippen LogP) is -6.08. The Morgan fingerprint density at radius 1 is 0.619 bits per heavy atom. The molecule has 0 spiro atoms. The van der Waals surface area contributed by atoms with E-state index in [1.54, 1.807) is 35.6 Å². The number of fused-ring (bicyclic) bond motifs is 2. The lowest BCUT2D eigenvalue weighted by atomic mass is 9.96. The first-order valence-corrected chi connectivity index (χ1v) is 28.9. The molecule has 12 heterocycles. The smallest absolute Gasteiger partial charge is 0.351 e. The zero-order chi connectivity index (χ0) is 71.6. The molecule has 14 atom stereocenters. The molecule has 5 aliphatic rings. The van der Waals surface area contributed by atoms with E-state index in [4.69, 9.17) is 77.9 Å². The number of rotatable bonds is 12. The Morgan fingerprint density at radius 2 is 1.07 bits per heavy atom. The van der Waals surface area contributed by atoms with Crippen molar-refractivity contribution < 1.29 is 97.5 Å². The fourth-order valence-electron chi connectivity index (χ4n) is 9.82. The van der Waals surface area contributed by atoms with E-state index >= 15 is 0 Å². The summed E-state index contributed by atoms with van der Waals surface area (Å²) in [5.41, 5.74) is 23.7. The molecule has 7 aromatic heterocycles. The molecule has 0 saturated carbocycles. The second-order valence-electron chi connectivity index (χ2n) is 22.2. The molecule has 4 fully saturated rings. The number of carbonyl (C=O) groups is 2. The van der Waals surface area contributed by atoms with Gasteiger partial charge in [-0.05, 0) is 45.9 Å². The van der Waals surface area contributed by atoms with E-state index in [-0.39, 0.29) is 55.4 Å². The van der Waals surface area contributed by atoms with Gasteiger partial charge in [-0.15, -0.1) is 0 Å². The molecule has 12 rings (SSSR count). The molecule has 43 heteroatoms. The predicted molar refractivity (Wildman–Crippen MR) is 325 cm³/mol. The number of nitrogens with zero attached hydrogens (tertiary/aromatic N) is 15. The number of amides is 1. The number of hydrogen-bond donors (Lipinski definition) is 15. The number of allylic oxidation sites excluding steroid dienone is 1. The van der Waals surface area contributed by atoms with Crippen molar-refractivity contribution in [2.75, 3.05) is 68.3 Å². The lowest BCUT2D eigenvalue weighted by Gasteiger charge is -2.27. The van der Waals surface area contributed by atoms with Gasteiger partial charge in [0.15, 0.2) is 65.5 Å². The van der Waals surface area contributed by atoms with Gasteiger partial charge in [0.05, 0.1) is 71.4 Å². The van der Waals surface area contributed by atoms with Crippen molar-refractivity contribution in [3.63, 3.8) is 0 Å². The summed E-state index contributed by atoms with van der Waals surface area (Å²) in [4.78, 5) is 93.0. The highest BCUT2D eigenvalue weighted by Crippen LogP contribution is 2.43. The van der Waals surface area contributed by atoms with Crippen molar-refractivity contribution in [3.8, 4) is 0 Å². The summed E-state index contributed by atoms with van der Waals surface area (Å²) in [6.07, 6.45) is -3.90. The van der Waals surface area contributed by atoms with Crippen LogP contribution in [0.4, 0.5) is 42.3 Å². The minimum absolute atomic E-state index is 0.00839. The fourth-order valence-corrected chi connectivity index (χ4v) is 9.82. The zero-order valence-electron chi connectivity index (χ0n) is 51.9. The monoisotopic (exact) mass is 1380 g/mol. The van der Waals surface area contributed by atoms with Crippen molar-refractivity contribution in [2.24, 2.45) is 0 Å². The number of aromatic nitrogens is 14. The minimum atomic E-state index is -3.71. The van der Waals surface area contributed by atoms with E-state index in [9.17, 15) is 62.7 Å². The maximum atomic E-state index is 14.4. The van der Waals surface area contributed by atoms with Crippen LogP contribution in [-0.4, -0.2) is 247 Å². The highest BCUT2D eigenvalue weighted by atomic mass is 19.3. The van der Waals surface area contributed by atoms with Crippen LogP contribution < -0.4 is 45.7 Å². The van der Waals surface area contributed by atoms with Crippen LogP contribution in [0.2, 0.25) is 0 Å². The van der Waals surface area contributed by atoms with Crippen LogP contribution >= 0.6 is 0 Å². The van der Waals surface area contributed by atoms with E-state index in [1.807, 2.05) is 0 Å². The molecule has 4 saturated heterocycles. The molecule has 0 bridgehead atoms. The van der Waals surface area contributed by atoms with Crippen molar-refractivity contribution in [1.82, 2.24) is 72.6 Å². The van der Waals surface area contributed by atoms with Gasteiger partial charge < -0.3 is 113 Å². The van der Waals surface area contributed by atoms with Crippen molar-refractivity contribution in [3.05, 3.63) is 105 Å². The average molecular weight is 1380 g/mol. The van der Waals surface area contributed by atoms with Crippen LogP contribution in [0, 0.1) is 0 Å². The Labute approximate surface area is 543 Å². The number of Topliss-reactive ketones (excluding diaryl/α,β-unsaturated/α-hetero) is 1. The van der Waals surface area contributed by atoms with Crippen molar-refractivity contribution >= 4 is 63.1 Å². The van der Waals surface area contributed by atoms with Gasteiger partial charge in [-0.25, -0.2) is 48.7 Å². The van der Waals surface area contributed by atoms with E-state index in [0.29, 0.717) is 57.2 Å². The highest BCUT2D eigenvalue weighted by molar-refractivity contribution is 6.09. The molecule has 0 aromatic carbocycles. The largest absolute Gasteiger partial charge is 0.395 e. The molecular formula is C54H73F3N20O20. The molecule has 1 amide bonds. The highest BCUT2D eigenvalue weighted by Gasteiger charge is 2.60. The standard InChI is InChI=1S/C10H14FN3O4.C10H15N3O5.C10H13NO5.C9H11F2N3O4.C8H11N5O.C7H9N5O/c1-10(11)7(16)5(4-15)18-8(10)14-3-2-6(12)13-9(14)17;1-10(17)7(15)5(4-14)18-8(10)13-3-2-6(11)12-9(13)16;1-6-3-11(8(14)2-7(6)13)9-5-15-10(4-12)16-9;10-9(11)6(16)4(3-15)18-7(9)14-2-1-5(12)13-8(14)17;1-5(14)2-13-4-12-6-7(9)10-3-11-8(6)13;8-6-5-7(10-3-9-6)12(1-2-13)4-11-5/h2-3,5,7-8,15-16H,4H2,1H3,(H2,12,13,17);2-3,5,7-8,14-15,17H,4H2,1H3,(H2,11,12,16);3,9-10,12H,2,4-5H2,1H3;1-2,4,6-7,15-16H,3H2,(H2,12,13,17);3-5,14H,2H2,1H3,(H2,9,10,11);3-4,13H,1-2H2,(H2,8,9,10)/t2*5-,7-,8-,10-;9-,10-;4-,6-,7-;5-;/m11011./s1. The lowest BCUT2D eigenvalue weighted by molar-refractivity contribution is -0.146. The first-order chi connectivity index (χ1) is 45.7. The first-order valence-electron chi connectivity index (χ1n) is 28.9. The van der Waals surface area contributed by atoms with Crippen LogP contribution in [0.1, 0.15) is 52.8 Å². The van der Waals surface area contributed by atoms with E-state index in [2.05, 4.69) is 44.9 Å². The van der Waals surface area contributed by atoms with Crippen molar-refractivity contribution in [2.45, 2.75) is 138 Å². The van der Waals surface area contributed by atoms with E-state index in [1.165, 1.54) is 55.2 Å². The number of aliphatic hydroxyl groups excluding tert-OH is 9. The summed E-state index contributed by atoms with van der Waals surface area (Å²) in [7, 11) is 0. The molecule has 40 nitrogen and oxygen atoms in total. The number of anilines is 5. The number of aliphatic hydroxyl groups is 10. The van der Waals surface area contributed by atoms with Gasteiger partial charge in [0.1, 0.15) is 77.3 Å². The SMILES string of the molecule is CC1=CN([C@@H]2CO[C@H](CO)O2)C(=O)CC1=O.C[C@@H](O)Cn1cnc2c(N)ncnc21.C[C@@]1(F)[C@H](O)[C@@H](CO)O[C@H]1n1ccc(N)nc1=O.C[C@@]1(O)[C@H](O)[C@@H](CO)O[C@H]1n1ccc(N)nc1=O.Nc1ccn([C@@H]2O[C@H](CO)[C@@H](O)C2(F)F)c(=O)n1.Nc1ncnc2c1ncn2CCO. The summed E-state index contributed by atoms with van der Waals surface area (Å²) in [5.74, 6) is -3.52. The summed E-state index contributed by atoms with van der Waals surface area (Å²) >= 11 is 0. The normalized spacial score (nSPS) is 27.5. The number of hydrogen-bond acceptors (Lipinski definition) is 34. The third-order valence-electron chi connectivity index (χ3n) is 14.9. The Hall–Kier alpha value is -9.19. The third kappa shape index (κ3) is 17.0. The van der Waals surface area contributed by atoms with Crippen molar-refractivity contribution in [1.29, 1.82) is 0 Å². The van der Waals surface area contributed by atoms with Gasteiger partial charge in [-0.1, -0.05) is 0 Å². The number of ether oxygens (including phenoxy) is 5. The minimum Gasteiger partial charge on any atom is -0.395 e. The molecule has 0 radical (unpaired) electrons.